The minimum absolute atomic E-state index is 0.0648. The van der Waals surface area contributed by atoms with Crippen molar-refractivity contribution in [2.75, 3.05) is 5.32 Å². The molecule has 0 fully saturated rings. The van der Waals surface area contributed by atoms with Crippen molar-refractivity contribution < 1.29 is 4.79 Å². The van der Waals surface area contributed by atoms with Gasteiger partial charge in [0, 0.05) is 10.9 Å². The first-order chi connectivity index (χ1) is 7.88. The van der Waals surface area contributed by atoms with Gasteiger partial charge in [-0.25, -0.2) is 0 Å². The molecule has 0 saturated heterocycles. The normalized spacial score (nSPS) is 19.4. The molecule has 0 radical (unpaired) electrons. The van der Waals surface area contributed by atoms with E-state index in [2.05, 4.69) is 11.4 Å². The van der Waals surface area contributed by atoms with Crippen LogP contribution in [-0.4, -0.2) is 16.7 Å². The van der Waals surface area contributed by atoms with Crippen LogP contribution < -0.4 is 11.1 Å². The standard InChI is InChI=1S/C13H18N2OS/c1-8(14)6-9-4-5-10-11(7-9)17-13(2,3)12(16)15-10/h4-5,7-8H,6,14H2,1-3H3,(H,15,16). The van der Waals surface area contributed by atoms with Crippen LogP contribution in [0.3, 0.4) is 0 Å². The second kappa shape index (κ2) is 4.35. The Hall–Kier alpha value is -1.00. The fourth-order valence-electron chi connectivity index (χ4n) is 1.85. The molecule has 3 N–H and O–H groups in total. The predicted octanol–water partition coefficient (Wildman–Crippen LogP) is 2.40. The fourth-order valence-corrected chi connectivity index (χ4v) is 2.98. The molecule has 4 heteroatoms. The van der Waals surface area contributed by atoms with E-state index >= 15 is 0 Å². The number of nitrogens with two attached hydrogens (primary N) is 1. The summed E-state index contributed by atoms with van der Waals surface area (Å²) in [4.78, 5) is 12.9. The number of anilines is 1. The fraction of sp³-hybridized carbons (Fsp3) is 0.462. The average Bonchev–Trinajstić information content (AvgIpc) is 2.18. The van der Waals surface area contributed by atoms with E-state index < -0.39 is 4.75 Å². The molecule has 0 spiro atoms. The van der Waals surface area contributed by atoms with Crippen LogP contribution in [0, 0.1) is 0 Å². The molecule has 2 rings (SSSR count). The van der Waals surface area contributed by atoms with E-state index in [-0.39, 0.29) is 11.9 Å². The van der Waals surface area contributed by atoms with Gasteiger partial charge in [-0.2, -0.15) is 0 Å². The van der Waals surface area contributed by atoms with Crippen LogP contribution in [0.1, 0.15) is 26.3 Å². The van der Waals surface area contributed by atoms with Gasteiger partial charge in [-0.05, 0) is 44.9 Å². The molecule has 0 saturated carbocycles. The number of carbonyl (C=O) groups excluding carboxylic acids is 1. The maximum absolute atomic E-state index is 11.8. The summed E-state index contributed by atoms with van der Waals surface area (Å²) in [6.45, 7) is 5.88. The van der Waals surface area contributed by atoms with Crippen LogP contribution >= 0.6 is 11.8 Å². The van der Waals surface area contributed by atoms with Gasteiger partial charge in [0.2, 0.25) is 5.91 Å². The van der Waals surface area contributed by atoms with Crippen molar-refractivity contribution in [1.29, 1.82) is 0 Å². The van der Waals surface area contributed by atoms with Crippen molar-refractivity contribution in [2.24, 2.45) is 5.73 Å². The average molecular weight is 250 g/mol. The molecule has 3 nitrogen and oxygen atoms in total. The second-order valence-corrected chi connectivity index (χ2v) is 6.74. The molecule has 0 bridgehead atoms. The van der Waals surface area contributed by atoms with Gasteiger partial charge < -0.3 is 11.1 Å². The molecule has 1 aromatic carbocycles. The van der Waals surface area contributed by atoms with E-state index in [9.17, 15) is 4.79 Å². The van der Waals surface area contributed by atoms with Crippen molar-refractivity contribution >= 4 is 23.4 Å². The quantitative estimate of drug-likeness (QED) is 0.847. The number of thioether (sulfide) groups is 1. The summed E-state index contributed by atoms with van der Waals surface area (Å²) in [7, 11) is 0. The minimum atomic E-state index is -0.403. The van der Waals surface area contributed by atoms with E-state index in [4.69, 9.17) is 5.73 Å². The summed E-state index contributed by atoms with van der Waals surface area (Å²) in [6.07, 6.45) is 0.863. The Bertz CT molecular complexity index is 455. The number of benzene rings is 1. The van der Waals surface area contributed by atoms with Crippen LogP contribution in [0.4, 0.5) is 5.69 Å². The Labute approximate surface area is 106 Å². The molecular weight excluding hydrogens is 232 g/mol. The smallest absolute Gasteiger partial charge is 0.240 e. The Balaban J connectivity index is 2.31. The zero-order valence-corrected chi connectivity index (χ0v) is 11.2. The SMILES string of the molecule is CC(N)Cc1ccc2c(c1)SC(C)(C)C(=O)N2. The van der Waals surface area contributed by atoms with E-state index in [0.29, 0.717) is 0 Å². The number of nitrogens with one attached hydrogen (secondary N) is 1. The highest BCUT2D eigenvalue weighted by Crippen LogP contribution is 2.42. The minimum Gasteiger partial charge on any atom is -0.328 e. The molecule has 17 heavy (non-hydrogen) atoms. The van der Waals surface area contributed by atoms with Crippen LogP contribution in [0.5, 0.6) is 0 Å². The Morgan fingerprint density at radius 2 is 2.18 bits per heavy atom. The van der Waals surface area contributed by atoms with Gasteiger partial charge in [-0.3, -0.25) is 4.79 Å². The summed E-state index contributed by atoms with van der Waals surface area (Å²) >= 11 is 1.61. The number of carbonyl (C=O) groups is 1. The molecule has 1 aliphatic heterocycles. The van der Waals surface area contributed by atoms with Crippen LogP contribution in [0.25, 0.3) is 0 Å². The summed E-state index contributed by atoms with van der Waals surface area (Å²) < 4.78 is -0.403. The monoisotopic (exact) mass is 250 g/mol. The molecule has 0 aliphatic carbocycles. The molecule has 92 valence electrons. The number of rotatable bonds is 2. The third-order valence-electron chi connectivity index (χ3n) is 2.76. The highest BCUT2D eigenvalue weighted by Gasteiger charge is 2.34. The van der Waals surface area contributed by atoms with Crippen molar-refractivity contribution in [3.63, 3.8) is 0 Å². The van der Waals surface area contributed by atoms with Gasteiger partial charge >= 0.3 is 0 Å². The lowest BCUT2D eigenvalue weighted by atomic mass is 10.1. The molecule has 1 aliphatic rings. The summed E-state index contributed by atoms with van der Waals surface area (Å²) in [5, 5.41) is 2.94. The lowest BCUT2D eigenvalue weighted by Gasteiger charge is -2.30. The molecule has 1 amide bonds. The second-order valence-electron chi connectivity index (χ2n) is 5.08. The summed E-state index contributed by atoms with van der Waals surface area (Å²) in [5.41, 5.74) is 7.93. The van der Waals surface area contributed by atoms with Gasteiger partial charge in [0.1, 0.15) is 0 Å². The van der Waals surface area contributed by atoms with Gasteiger partial charge in [-0.1, -0.05) is 6.07 Å². The molecule has 1 unspecified atom stereocenters. The number of hydrogen-bond donors (Lipinski definition) is 2. The van der Waals surface area contributed by atoms with Crippen LogP contribution in [0.15, 0.2) is 23.1 Å². The maximum Gasteiger partial charge on any atom is 0.240 e. The third kappa shape index (κ3) is 2.64. The van der Waals surface area contributed by atoms with Crippen molar-refractivity contribution in [2.45, 2.75) is 42.9 Å². The van der Waals surface area contributed by atoms with Gasteiger partial charge in [0.15, 0.2) is 0 Å². The highest BCUT2D eigenvalue weighted by atomic mass is 32.2. The molecular formula is C13H18N2OS. The number of fused-ring (bicyclic) bond motifs is 1. The molecule has 1 aromatic rings. The summed E-state index contributed by atoms with van der Waals surface area (Å²) in [5.74, 6) is 0.0648. The van der Waals surface area contributed by atoms with Crippen molar-refractivity contribution in [3.8, 4) is 0 Å². The number of amides is 1. The third-order valence-corrected chi connectivity index (χ3v) is 4.02. The largest absolute Gasteiger partial charge is 0.328 e. The molecule has 1 heterocycles. The molecule has 0 aromatic heterocycles. The predicted molar refractivity (Wildman–Crippen MR) is 72.4 cm³/mol. The Morgan fingerprint density at radius 3 is 2.82 bits per heavy atom. The highest BCUT2D eigenvalue weighted by molar-refractivity contribution is 8.01. The van der Waals surface area contributed by atoms with E-state index in [0.717, 1.165) is 17.0 Å². The van der Waals surface area contributed by atoms with E-state index in [1.807, 2.05) is 32.9 Å². The lowest BCUT2D eigenvalue weighted by molar-refractivity contribution is -0.117. The summed E-state index contributed by atoms with van der Waals surface area (Å²) in [6, 6.07) is 6.28. The zero-order chi connectivity index (χ0) is 12.6. The van der Waals surface area contributed by atoms with Crippen LogP contribution in [0.2, 0.25) is 0 Å². The van der Waals surface area contributed by atoms with Crippen LogP contribution in [-0.2, 0) is 11.2 Å². The first kappa shape index (κ1) is 12.5. The zero-order valence-electron chi connectivity index (χ0n) is 10.4. The van der Waals surface area contributed by atoms with Crippen molar-refractivity contribution in [1.82, 2.24) is 0 Å². The first-order valence-electron chi connectivity index (χ1n) is 5.77. The topological polar surface area (TPSA) is 55.1 Å². The molecule has 1 atom stereocenters. The Kier molecular flexibility index (Phi) is 3.19. The van der Waals surface area contributed by atoms with Crippen molar-refractivity contribution in [3.05, 3.63) is 23.8 Å². The van der Waals surface area contributed by atoms with Gasteiger partial charge in [0.05, 0.1) is 10.4 Å². The lowest BCUT2D eigenvalue weighted by Crippen LogP contribution is -2.37. The van der Waals surface area contributed by atoms with Gasteiger partial charge in [-0.15, -0.1) is 11.8 Å². The van der Waals surface area contributed by atoms with E-state index in [1.165, 1.54) is 5.56 Å². The maximum atomic E-state index is 11.8. The van der Waals surface area contributed by atoms with Gasteiger partial charge in [0.25, 0.3) is 0 Å². The Morgan fingerprint density at radius 1 is 1.47 bits per heavy atom. The number of hydrogen-bond acceptors (Lipinski definition) is 3. The van der Waals surface area contributed by atoms with E-state index in [1.54, 1.807) is 11.8 Å². The first-order valence-corrected chi connectivity index (χ1v) is 6.59.